The van der Waals surface area contributed by atoms with Crippen molar-refractivity contribution in [3.8, 4) is 0 Å². The van der Waals surface area contributed by atoms with E-state index in [9.17, 15) is 9.59 Å². The maximum absolute atomic E-state index is 13.3. The van der Waals surface area contributed by atoms with Crippen LogP contribution in [-0.4, -0.2) is 21.0 Å². The number of hydrogen-bond acceptors (Lipinski definition) is 6. The molecular formula is C23H26ClN3O3S. The van der Waals surface area contributed by atoms with E-state index in [1.165, 1.54) is 4.88 Å². The zero-order chi connectivity index (χ0) is 22.3. The van der Waals surface area contributed by atoms with E-state index in [0.29, 0.717) is 26.7 Å². The number of nitrogens with zero attached hydrogens (tertiary/aromatic N) is 3. The highest BCUT2D eigenvalue weighted by atomic mass is 35.5. The molecule has 6 nitrogen and oxygen atoms in total. The molecule has 2 aromatic heterocycles. The van der Waals surface area contributed by atoms with Gasteiger partial charge in [0.1, 0.15) is 6.61 Å². The summed E-state index contributed by atoms with van der Waals surface area (Å²) in [4.78, 5) is 27.7. The Morgan fingerprint density at radius 1 is 1.35 bits per heavy atom. The largest absolute Gasteiger partial charge is 0.459 e. The Morgan fingerprint density at radius 3 is 2.81 bits per heavy atom. The number of aryl methyl sites for hydroxylation is 1. The predicted molar refractivity (Wildman–Crippen MR) is 123 cm³/mol. The number of rotatable bonds is 4. The molecule has 1 aliphatic rings. The molecular weight excluding hydrogens is 434 g/mol. The Balaban J connectivity index is 1.59. The fourth-order valence-corrected chi connectivity index (χ4v) is 5.51. The quantitative estimate of drug-likeness (QED) is 0.515. The van der Waals surface area contributed by atoms with Crippen molar-refractivity contribution in [2.24, 2.45) is 11.3 Å². The van der Waals surface area contributed by atoms with E-state index in [2.05, 4.69) is 31.1 Å². The maximum atomic E-state index is 13.3. The third-order valence-corrected chi connectivity index (χ3v) is 7.67. The monoisotopic (exact) mass is 459 g/mol. The maximum Gasteiger partial charge on any atom is 0.331 e. The molecule has 0 amide bonds. The molecule has 0 radical (unpaired) electrons. The number of benzene rings is 1. The first kappa shape index (κ1) is 22.0. The smallest absolute Gasteiger partial charge is 0.331 e. The Hall–Kier alpha value is -2.25. The number of ether oxygens (including phenoxy) is 1. The van der Waals surface area contributed by atoms with Crippen molar-refractivity contribution in [1.82, 2.24) is 15.0 Å². The first-order valence-electron chi connectivity index (χ1n) is 10.5. The van der Waals surface area contributed by atoms with Crippen LogP contribution in [0, 0.1) is 11.3 Å². The molecule has 0 spiro atoms. The van der Waals surface area contributed by atoms with Gasteiger partial charge in [-0.15, -0.1) is 16.4 Å². The topological polar surface area (TPSA) is 74.1 Å². The lowest BCUT2D eigenvalue weighted by Crippen LogP contribution is -2.32. The van der Waals surface area contributed by atoms with Gasteiger partial charge in [-0.2, -0.15) is 4.68 Å². The minimum absolute atomic E-state index is 0.0370. The lowest BCUT2D eigenvalue weighted by atomic mass is 9.72. The van der Waals surface area contributed by atoms with Crippen molar-refractivity contribution in [1.29, 1.82) is 0 Å². The van der Waals surface area contributed by atoms with Crippen molar-refractivity contribution in [2.45, 2.75) is 59.6 Å². The van der Waals surface area contributed by atoms with Gasteiger partial charge in [0.05, 0.1) is 5.39 Å². The Morgan fingerprint density at radius 2 is 2.10 bits per heavy atom. The zero-order valence-corrected chi connectivity index (χ0v) is 19.7. The van der Waals surface area contributed by atoms with Gasteiger partial charge in [-0.05, 0) is 49.1 Å². The molecule has 0 N–H and O–H groups in total. The summed E-state index contributed by atoms with van der Waals surface area (Å²) in [5, 5.41) is 9.45. The number of aromatic nitrogens is 3. The molecule has 0 fully saturated rings. The highest BCUT2D eigenvalue weighted by Crippen LogP contribution is 2.41. The molecule has 0 aliphatic heterocycles. The minimum atomic E-state index is -0.881. The molecule has 4 rings (SSSR count). The Labute approximate surface area is 190 Å². The van der Waals surface area contributed by atoms with Crippen LogP contribution >= 0.6 is 22.9 Å². The number of fused-ring (bicyclic) bond motifs is 3. The molecule has 1 aliphatic carbocycles. The van der Waals surface area contributed by atoms with Crippen molar-refractivity contribution < 1.29 is 9.53 Å². The average Bonchev–Trinajstić information content (AvgIpc) is 3.10. The summed E-state index contributed by atoms with van der Waals surface area (Å²) in [6.07, 6.45) is 2.85. The normalized spacial score (nSPS) is 17.4. The van der Waals surface area contributed by atoms with Crippen LogP contribution in [0.2, 0.25) is 5.02 Å². The molecule has 3 aromatic rings. The summed E-state index contributed by atoms with van der Waals surface area (Å²) in [5.74, 6) is 0.0227. The molecule has 8 heteroatoms. The Kier molecular flexibility index (Phi) is 5.92. The highest BCUT2D eigenvalue weighted by Gasteiger charge is 2.32. The highest BCUT2D eigenvalue weighted by molar-refractivity contribution is 7.18. The summed E-state index contributed by atoms with van der Waals surface area (Å²) in [7, 11) is 0. The summed E-state index contributed by atoms with van der Waals surface area (Å²) in [6, 6.07) is 6.29. The first-order valence-corrected chi connectivity index (χ1v) is 11.7. The molecule has 0 saturated heterocycles. The van der Waals surface area contributed by atoms with Crippen LogP contribution in [0.3, 0.4) is 0 Å². The molecule has 0 saturated carbocycles. The minimum Gasteiger partial charge on any atom is -0.459 e. The van der Waals surface area contributed by atoms with E-state index in [1.54, 1.807) is 30.4 Å². The number of hydrogen-bond donors (Lipinski definition) is 0. The van der Waals surface area contributed by atoms with Crippen molar-refractivity contribution in [3.05, 3.63) is 55.6 Å². The second-order valence-corrected chi connectivity index (χ2v) is 10.7. The van der Waals surface area contributed by atoms with Crippen LogP contribution < -0.4 is 5.56 Å². The van der Waals surface area contributed by atoms with E-state index >= 15 is 0 Å². The van der Waals surface area contributed by atoms with E-state index < -0.39 is 12.0 Å². The summed E-state index contributed by atoms with van der Waals surface area (Å²) in [6.45, 7) is 8.43. The average molecular weight is 460 g/mol. The molecule has 2 heterocycles. The summed E-state index contributed by atoms with van der Waals surface area (Å²) >= 11 is 7.67. The second kappa shape index (κ2) is 8.36. The third-order valence-electron chi connectivity index (χ3n) is 6.16. The summed E-state index contributed by atoms with van der Waals surface area (Å²) in [5.41, 5.74) is 1.73. The summed E-state index contributed by atoms with van der Waals surface area (Å²) < 4.78 is 6.53. The van der Waals surface area contributed by atoms with E-state index in [0.717, 1.165) is 29.5 Å². The first-order chi connectivity index (χ1) is 14.7. The molecule has 31 heavy (non-hydrogen) atoms. The van der Waals surface area contributed by atoms with Gasteiger partial charge >= 0.3 is 5.97 Å². The molecule has 0 bridgehead atoms. The number of thiophene rings is 1. The van der Waals surface area contributed by atoms with Gasteiger partial charge in [0.25, 0.3) is 5.56 Å². The van der Waals surface area contributed by atoms with E-state index in [1.807, 2.05) is 12.1 Å². The molecule has 2 atom stereocenters. The lowest BCUT2D eigenvalue weighted by molar-refractivity contribution is -0.148. The van der Waals surface area contributed by atoms with Crippen LogP contribution in [0.4, 0.5) is 0 Å². The van der Waals surface area contributed by atoms with Gasteiger partial charge in [0.2, 0.25) is 0 Å². The van der Waals surface area contributed by atoms with Crippen LogP contribution in [-0.2, 0) is 29.0 Å². The van der Waals surface area contributed by atoms with Gasteiger partial charge < -0.3 is 4.74 Å². The SMILES string of the molecule is C[C@H](C(=O)OCc1ccccc1Cl)n1nnc2sc3c(c2c1=O)CC[C@H](C(C)(C)C)C3. The number of esters is 1. The number of carbonyl (C=O) groups is 1. The van der Waals surface area contributed by atoms with Crippen molar-refractivity contribution in [2.75, 3.05) is 0 Å². The van der Waals surface area contributed by atoms with Crippen molar-refractivity contribution in [3.63, 3.8) is 0 Å². The third kappa shape index (κ3) is 4.26. The van der Waals surface area contributed by atoms with Crippen LogP contribution in [0.5, 0.6) is 0 Å². The Bertz CT molecular complexity index is 1190. The van der Waals surface area contributed by atoms with E-state index in [4.69, 9.17) is 16.3 Å². The standard InChI is InChI=1S/C23H26ClN3O3S/c1-13(22(29)30-12-14-7-5-6-8-17(14)24)27-21(28)19-16-10-9-15(23(2,3)4)11-18(16)31-20(19)25-26-27/h5-8,13,15H,9-12H2,1-4H3/t13-,15+/m1/s1. The fraction of sp³-hybridized carbons (Fsp3) is 0.478. The van der Waals surface area contributed by atoms with Gasteiger partial charge in [0, 0.05) is 15.5 Å². The van der Waals surface area contributed by atoms with Crippen molar-refractivity contribution >= 4 is 39.1 Å². The van der Waals surface area contributed by atoms with E-state index in [-0.39, 0.29) is 17.6 Å². The molecule has 164 valence electrons. The van der Waals surface area contributed by atoms with Crippen LogP contribution in [0.15, 0.2) is 29.1 Å². The van der Waals surface area contributed by atoms with Crippen LogP contribution in [0.1, 0.15) is 56.2 Å². The zero-order valence-electron chi connectivity index (χ0n) is 18.1. The number of halogens is 1. The predicted octanol–water partition coefficient (Wildman–Crippen LogP) is 4.96. The van der Waals surface area contributed by atoms with Gasteiger partial charge in [-0.3, -0.25) is 4.79 Å². The second-order valence-electron chi connectivity index (χ2n) is 9.20. The molecule has 0 unspecified atom stereocenters. The van der Waals surface area contributed by atoms with Crippen LogP contribution in [0.25, 0.3) is 10.2 Å². The number of carbonyl (C=O) groups excluding carboxylic acids is 1. The van der Waals surface area contributed by atoms with Gasteiger partial charge in [-0.1, -0.05) is 55.8 Å². The lowest BCUT2D eigenvalue weighted by Gasteiger charge is -2.33. The van der Waals surface area contributed by atoms with Gasteiger partial charge in [0.15, 0.2) is 10.9 Å². The fourth-order valence-electron chi connectivity index (χ4n) is 4.08. The molecule has 1 aromatic carbocycles. The van der Waals surface area contributed by atoms with Gasteiger partial charge in [-0.25, -0.2) is 4.79 Å².